The molecule has 0 spiro atoms. The molecule has 0 radical (unpaired) electrons. The van der Waals surface area contributed by atoms with Gasteiger partial charge in [0.25, 0.3) is 5.91 Å². The minimum absolute atomic E-state index is 0.0187. The molecule has 2 aromatic carbocycles. The fourth-order valence-electron chi connectivity index (χ4n) is 4.48. The van der Waals surface area contributed by atoms with E-state index in [4.69, 9.17) is 5.73 Å². The number of nitrogens with two attached hydrogens (primary N) is 1. The van der Waals surface area contributed by atoms with Crippen LogP contribution in [-0.2, 0) is 20.5 Å². The fourth-order valence-corrected chi connectivity index (χ4v) is 8.87. The summed E-state index contributed by atoms with van der Waals surface area (Å²) in [6.45, 7) is 0. The molecule has 0 aliphatic carbocycles. The van der Waals surface area contributed by atoms with Crippen molar-refractivity contribution in [1.82, 2.24) is 9.88 Å². The van der Waals surface area contributed by atoms with Gasteiger partial charge >= 0.3 is 5.97 Å². The van der Waals surface area contributed by atoms with E-state index in [1.54, 1.807) is 6.20 Å². The topological polar surface area (TPSA) is 96.5 Å². The molecule has 3 atom stereocenters. The molecule has 3 aromatic rings. The summed E-state index contributed by atoms with van der Waals surface area (Å²) >= 11 is 1.33. The van der Waals surface area contributed by atoms with Gasteiger partial charge in [-0.15, -0.1) is 0 Å². The summed E-state index contributed by atoms with van der Waals surface area (Å²) in [5, 5.41) is 11.5. The molecular formula is C27H24N3O3S2+. The first-order chi connectivity index (χ1) is 17.1. The number of pyridine rings is 1. The molecule has 1 amide bonds. The minimum atomic E-state index is -1.11. The van der Waals surface area contributed by atoms with Gasteiger partial charge in [0.2, 0.25) is 5.37 Å². The highest BCUT2D eigenvalue weighted by Crippen LogP contribution is 2.47. The molecule has 1 saturated heterocycles. The monoisotopic (exact) mass is 502 g/mol. The van der Waals surface area contributed by atoms with Gasteiger partial charge in [0.1, 0.15) is 11.4 Å². The Bertz CT molecular complexity index is 1240. The Morgan fingerprint density at radius 1 is 1.06 bits per heavy atom. The third-order valence-electron chi connectivity index (χ3n) is 6.04. The maximum absolute atomic E-state index is 12.9. The maximum Gasteiger partial charge on any atom is 0.353 e. The minimum Gasteiger partial charge on any atom is -0.477 e. The average Bonchev–Trinajstić information content (AvgIpc) is 2.89. The highest BCUT2D eigenvalue weighted by atomic mass is 32.2. The molecule has 3 heterocycles. The summed E-state index contributed by atoms with van der Waals surface area (Å²) in [5.74, 6) is -0.922. The lowest BCUT2D eigenvalue weighted by Crippen LogP contribution is -2.73. The van der Waals surface area contributed by atoms with E-state index < -0.39 is 22.9 Å². The first kappa shape index (κ1) is 23.4. The van der Waals surface area contributed by atoms with Crippen LogP contribution in [0.5, 0.6) is 0 Å². The number of nitrogens with zero attached hydrogens (tertiary/aromatic N) is 2. The smallest absolute Gasteiger partial charge is 0.353 e. The maximum atomic E-state index is 12.9. The van der Waals surface area contributed by atoms with E-state index in [0.29, 0.717) is 10.7 Å². The first-order valence-electron chi connectivity index (χ1n) is 11.1. The van der Waals surface area contributed by atoms with Crippen LogP contribution in [0, 0.1) is 0 Å². The van der Waals surface area contributed by atoms with Crippen molar-refractivity contribution in [3.63, 3.8) is 0 Å². The molecule has 176 valence electrons. The summed E-state index contributed by atoms with van der Waals surface area (Å²) in [4.78, 5) is 31.5. The highest BCUT2D eigenvalue weighted by molar-refractivity contribution is 8.07. The molecule has 5 rings (SSSR count). The van der Waals surface area contributed by atoms with Gasteiger partial charge in [-0.2, -0.15) is 0 Å². The number of fused-ring (bicyclic) bond motifs is 1. The average molecular weight is 503 g/mol. The number of hydrogen-bond donors (Lipinski definition) is 2. The van der Waals surface area contributed by atoms with E-state index >= 15 is 0 Å². The molecular weight excluding hydrogens is 478 g/mol. The number of carboxylic acids is 1. The number of rotatable bonds is 7. The Labute approximate surface area is 210 Å². The van der Waals surface area contributed by atoms with Crippen LogP contribution in [0.15, 0.2) is 101 Å². The predicted molar refractivity (Wildman–Crippen MR) is 141 cm³/mol. The molecule has 2 unspecified atom stereocenters. The van der Waals surface area contributed by atoms with E-state index in [0.717, 1.165) is 16.8 Å². The number of carbonyl (C=O) groups is 2. The van der Waals surface area contributed by atoms with Crippen LogP contribution in [0.25, 0.3) is 6.08 Å². The van der Waals surface area contributed by atoms with E-state index in [2.05, 4.69) is 29.2 Å². The lowest BCUT2D eigenvalue weighted by molar-refractivity contribution is -0.148. The van der Waals surface area contributed by atoms with E-state index in [1.165, 1.54) is 16.7 Å². The van der Waals surface area contributed by atoms with Gasteiger partial charge in [0.05, 0.1) is 10.6 Å². The van der Waals surface area contributed by atoms with Crippen molar-refractivity contribution in [2.45, 2.75) is 16.7 Å². The molecule has 0 saturated carbocycles. The Morgan fingerprint density at radius 2 is 1.69 bits per heavy atom. The van der Waals surface area contributed by atoms with Gasteiger partial charge in [-0.05, 0) is 23.6 Å². The highest BCUT2D eigenvalue weighted by Gasteiger charge is 2.63. The normalized spacial score (nSPS) is 21.8. The van der Waals surface area contributed by atoms with Crippen LogP contribution >= 0.6 is 11.8 Å². The third kappa shape index (κ3) is 4.52. The first-order valence-corrected chi connectivity index (χ1v) is 13.5. The number of thioether (sulfide) groups is 1. The van der Waals surface area contributed by atoms with Gasteiger partial charge in [-0.1, -0.05) is 78.5 Å². The van der Waals surface area contributed by atoms with Gasteiger partial charge in [0.15, 0.2) is 11.3 Å². The molecule has 2 aliphatic heterocycles. The molecule has 1 fully saturated rings. The molecule has 1 aromatic heterocycles. The summed E-state index contributed by atoms with van der Waals surface area (Å²) < 4.78 is 0. The Balaban J connectivity index is 1.57. The van der Waals surface area contributed by atoms with Crippen molar-refractivity contribution in [1.29, 1.82) is 0 Å². The van der Waals surface area contributed by atoms with Crippen LogP contribution < -0.4 is 5.73 Å². The van der Waals surface area contributed by atoms with Crippen molar-refractivity contribution >= 4 is 40.6 Å². The summed E-state index contributed by atoms with van der Waals surface area (Å²) in [7, 11) is -0.450. The standard InChI is InChI=1S/C27H23N3O3S2/c28-22-25(31)30-23(27(32)33)21(34-16-14-20-13-7-8-15-29-20)17-35(26(22)30)24(18-9-3-1-4-10-18)19-11-5-2-6-12-19/h1-16,22,24,26H,17,28H2/p+1/b16-14+/t22?,26-,35?/m1/s1. The second kappa shape index (κ2) is 10.1. The van der Waals surface area contributed by atoms with Crippen LogP contribution in [0.2, 0.25) is 0 Å². The van der Waals surface area contributed by atoms with Gasteiger partial charge < -0.3 is 10.8 Å². The molecule has 3 N–H and O–H groups in total. The van der Waals surface area contributed by atoms with Crippen molar-refractivity contribution in [3.05, 3.63) is 118 Å². The fraction of sp³-hybridized carbons (Fsp3) is 0.148. The van der Waals surface area contributed by atoms with Crippen LogP contribution in [0.4, 0.5) is 0 Å². The summed E-state index contributed by atoms with van der Waals surface area (Å²) in [5.41, 5.74) is 9.39. The number of aromatic nitrogens is 1. The largest absolute Gasteiger partial charge is 0.477 e. The third-order valence-corrected chi connectivity index (χ3v) is 10.0. The number of aliphatic carboxylic acids is 1. The van der Waals surface area contributed by atoms with Crippen LogP contribution in [0.1, 0.15) is 22.1 Å². The lowest BCUT2D eigenvalue weighted by Gasteiger charge is -2.47. The van der Waals surface area contributed by atoms with Crippen LogP contribution in [-0.4, -0.2) is 44.0 Å². The van der Waals surface area contributed by atoms with Gasteiger partial charge in [-0.25, -0.2) is 4.79 Å². The molecule has 35 heavy (non-hydrogen) atoms. The van der Waals surface area contributed by atoms with E-state index in [-0.39, 0.29) is 22.2 Å². The number of amides is 1. The number of carboxylic acid groups (broad SMARTS) is 1. The Hall–Kier alpha value is -3.33. The van der Waals surface area contributed by atoms with Crippen molar-refractivity contribution in [2.75, 3.05) is 5.75 Å². The van der Waals surface area contributed by atoms with Crippen LogP contribution in [0.3, 0.4) is 0 Å². The molecule has 0 bridgehead atoms. The number of benzene rings is 2. The zero-order valence-electron chi connectivity index (χ0n) is 18.7. The summed E-state index contributed by atoms with van der Waals surface area (Å²) in [6, 6.07) is 25.2. The number of hydrogen-bond acceptors (Lipinski definition) is 5. The van der Waals surface area contributed by atoms with Crippen molar-refractivity contribution in [2.24, 2.45) is 5.73 Å². The van der Waals surface area contributed by atoms with Gasteiger partial charge in [-0.3, -0.25) is 14.7 Å². The summed E-state index contributed by atoms with van der Waals surface area (Å²) in [6.07, 6.45) is 3.55. The number of carbonyl (C=O) groups excluding carboxylic acids is 1. The van der Waals surface area contributed by atoms with E-state index in [1.807, 2.05) is 66.1 Å². The van der Waals surface area contributed by atoms with Crippen molar-refractivity contribution < 1.29 is 14.7 Å². The quantitative estimate of drug-likeness (QED) is 0.375. The lowest BCUT2D eigenvalue weighted by atomic mass is 10.0. The molecule has 8 heteroatoms. The van der Waals surface area contributed by atoms with Gasteiger partial charge in [0, 0.05) is 28.2 Å². The molecule has 2 aliphatic rings. The van der Waals surface area contributed by atoms with Crippen molar-refractivity contribution in [3.8, 4) is 0 Å². The van der Waals surface area contributed by atoms with E-state index in [9.17, 15) is 14.7 Å². The molecule has 6 nitrogen and oxygen atoms in total. The second-order valence-electron chi connectivity index (χ2n) is 8.19. The zero-order valence-corrected chi connectivity index (χ0v) is 20.4. The zero-order chi connectivity index (χ0) is 24.4. The second-order valence-corrected chi connectivity index (χ2v) is 11.4. The number of β-lactam (4-membered cyclic amide) rings is 1. The SMILES string of the molecule is NC1C(=O)N2C(C(=O)O)=C(S/C=C/c3ccccn3)C[S+](C(c3ccccc3)c3ccccc3)[C@H]12. The Kier molecular flexibility index (Phi) is 6.77. The Morgan fingerprint density at radius 3 is 2.26 bits per heavy atom. The predicted octanol–water partition coefficient (Wildman–Crippen LogP) is 4.00.